The number of fused-ring (bicyclic) bond motifs is 3. The first-order chi connectivity index (χ1) is 8.88. The van der Waals surface area contributed by atoms with Crippen LogP contribution in [0.2, 0.25) is 0 Å². The van der Waals surface area contributed by atoms with E-state index in [0.717, 1.165) is 19.6 Å². The van der Waals surface area contributed by atoms with E-state index in [4.69, 9.17) is 4.74 Å². The fourth-order valence-corrected chi connectivity index (χ4v) is 3.35. The molecule has 1 N–H and O–H groups in total. The second kappa shape index (κ2) is 5.59. The molecule has 2 bridgehead atoms. The first kappa shape index (κ1) is 12.5. The summed E-state index contributed by atoms with van der Waals surface area (Å²) in [7, 11) is 0. The normalized spacial score (nSPS) is 36.3. The molecular weight excluding hydrogens is 226 g/mol. The lowest BCUT2D eigenvalue weighted by molar-refractivity contribution is -0.00551. The van der Waals surface area contributed by atoms with E-state index in [1.54, 1.807) is 0 Å². The molecule has 102 valence electrons. The summed E-state index contributed by atoms with van der Waals surface area (Å²) in [5, 5.41) is 3.70. The Morgan fingerprint density at radius 2 is 2.22 bits per heavy atom. The van der Waals surface area contributed by atoms with Gasteiger partial charge in [0.1, 0.15) is 5.76 Å². The minimum Gasteiger partial charge on any atom is -0.496 e. The van der Waals surface area contributed by atoms with Gasteiger partial charge in [-0.15, -0.1) is 0 Å². The molecule has 0 aromatic heterocycles. The summed E-state index contributed by atoms with van der Waals surface area (Å²) in [6, 6.07) is 0.999. The van der Waals surface area contributed by atoms with Gasteiger partial charge < -0.3 is 10.1 Å². The number of piperazine rings is 3. The van der Waals surface area contributed by atoms with Crippen LogP contribution < -0.4 is 5.32 Å². The van der Waals surface area contributed by atoms with Crippen LogP contribution in [0.25, 0.3) is 0 Å². The molecule has 0 saturated carbocycles. The van der Waals surface area contributed by atoms with E-state index >= 15 is 0 Å². The molecule has 4 aliphatic heterocycles. The quantitative estimate of drug-likeness (QED) is 0.777. The van der Waals surface area contributed by atoms with Crippen molar-refractivity contribution in [2.24, 2.45) is 0 Å². The smallest absolute Gasteiger partial charge is 0.111 e. The molecule has 4 heteroatoms. The molecule has 2 unspecified atom stereocenters. The zero-order valence-electron chi connectivity index (χ0n) is 11.4. The molecule has 4 heterocycles. The lowest BCUT2D eigenvalue weighted by Crippen LogP contribution is -2.66. The van der Waals surface area contributed by atoms with Gasteiger partial charge in [-0.05, 0) is 19.0 Å². The van der Waals surface area contributed by atoms with E-state index in [0.29, 0.717) is 12.1 Å². The van der Waals surface area contributed by atoms with Crippen molar-refractivity contribution in [3.05, 3.63) is 11.8 Å². The van der Waals surface area contributed by atoms with Crippen molar-refractivity contribution in [1.82, 2.24) is 15.1 Å². The topological polar surface area (TPSA) is 27.7 Å². The minimum atomic E-state index is 0.399. The summed E-state index contributed by atoms with van der Waals surface area (Å²) in [6.45, 7) is 10.3. The number of hydrogen-bond acceptors (Lipinski definition) is 4. The molecule has 4 aliphatic rings. The van der Waals surface area contributed by atoms with Crippen LogP contribution in [0.4, 0.5) is 0 Å². The van der Waals surface area contributed by atoms with Crippen LogP contribution in [-0.2, 0) is 4.74 Å². The molecule has 0 aromatic rings. The molecule has 3 saturated heterocycles. The lowest BCUT2D eigenvalue weighted by Gasteiger charge is -2.50. The fraction of sp³-hybridized carbons (Fsp3) is 0.857. The third kappa shape index (κ3) is 2.42. The van der Waals surface area contributed by atoms with Gasteiger partial charge in [-0.1, -0.05) is 6.92 Å². The highest BCUT2D eigenvalue weighted by atomic mass is 16.5. The Morgan fingerprint density at radius 3 is 2.78 bits per heavy atom. The number of nitrogens with one attached hydrogen (secondary N) is 1. The highest BCUT2D eigenvalue weighted by Gasteiger charge is 2.38. The van der Waals surface area contributed by atoms with Crippen LogP contribution in [0.3, 0.4) is 0 Å². The average molecular weight is 251 g/mol. The maximum absolute atomic E-state index is 5.83. The first-order valence-electron chi connectivity index (χ1n) is 7.41. The van der Waals surface area contributed by atoms with Crippen LogP contribution in [0, 0.1) is 0 Å². The Bertz CT molecular complexity index is 310. The predicted octanol–water partition coefficient (Wildman–Crippen LogP) is 0.659. The maximum atomic E-state index is 5.83. The average Bonchev–Trinajstić information content (AvgIpc) is 2.95. The van der Waals surface area contributed by atoms with Gasteiger partial charge in [0, 0.05) is 45.2 Å². The lowest BCUT2D eigenvalue weighted by atomic mass is 9.98. The zero-order chi connectivity index (χ0) is 12.4. The largest absolute Gasteiger partial charge is 0.496 e. The Kier molecular flexibility index (Phi) is 3.87. The first-order valence-corrected chi connectivity index (χ1v) is 7.41. The monoisotopic (exact) mass is 251 g/mol. The van der Waals surface area contributed by atoms with Crippen molar-refractivity contribution in [3.63, 3.8) is 0 Å². The third-order valence-electron chi connectivity index (χ3n) is 4.36. The fourth-order valence-electron chi connectivity index (χ4n) is 3.35. The Morgan fingerprint density at radius 1 is 1.39 bits per heavy atom. The molecule has 4 rings (SSSR count). The molecule has 0 amide bonds. The Hall–Kier alpha value is -0.580. The summed E-state index contributed by atoms with van der Waals surface area (Å²) >= 11 is 0. The number of rotatable bonds is 5. The van der Waals surface area contributed by atoms with Crippen LogP contribution in [0.1, 0.15) is 19.8 Å². The van der Waals surface area contributed by atoms with Gasteiger partial charge >= 0.3 is 0 Å². The number of hydrogen-bond donors (Lipinski definition) is 1. The van der Waals surface area contributed by atoms with E-state index in [9.17, 15) is 0 Å². The predicted molar refractivity (Wildman–Crippen MR) is 72.5 cm³/mol. The molecule has 4 nitrogen and oxygen atoms in total. The molecule has 18 heavy (non-hydrogen) atoms. The Labute approximate surface area is 110 Å². The third-order valence-corrected chi connectivity index (χ3v) is 4.36. The summed E-state index contributed by atoms with van der Waals surface area (Å²) in [4.78, 5) is 5.25. The maximum Gasteiger partial charge on any atom is 0.111 e. The highest BCUT2D eigenvalue weighted by Crippen LogP contribution is 2.24. The van der Waals surface area contributed by atoms with E-state index in [-0.39, 0.29) is 0 Å². The molecule has 0 radical (unpaired) electrons. The number of ether oxygens (including phenoxy) is 1. The van der Waals surface area contributed by atoms with Gasteiger partial charge in [-0.2, -0.15) is 0 Å². The number of nitrogens with zero attached hydrogens (tertiary/aromatic N) is 2. The van der Waals surface area contributed by atoms with Crippen molar-refractivity contribution >= 4 is 0 Å². The molecular formula is C14H25N3O. The van der Waals surface area contributed by atoms with Crippen molar-refractivity contribution in [2.75, 3.05) is 45.9 Å². The van der Waals surface area contributed by atoms with Gasteiger partial charge in [0.05, 0.1) is 12.6 Å². The summed E-state index contributed by atoms with van der Waals surface area (Å²) in [5.74, 6) is 1.20. The van der Waals surface area contributed by atoms with Crippen molar-refractivity contribution in [2.45, 2.75) is 31.8 Å². The van der Waals surface area contributed by atoms with Gasteiger partial charge in [0.25, 0.3) is 0 Å². The minimum absolute atomic E-state index is 0.399. The van der Waals surface area contributed by atoms with E-state index < -0.39 is 0 Å². The van der Waals surface area contributed by atoms with Gasteiger partial charge in [0.2, 0.25) is 0 Å². The van der Waals surface area contributed by atoms with Gasteiger partial charge in [0.15, 0.2) is 0 Å². The van der Waals surface area contributed by atoms with Crippen molar-refractivity contribution < 1.29 is 4.74 Å². The molecule has 0 spiro atoms. The van der Waals surface area contributed by atoms with E-state index in [2.05, 4.69) is 28.1 Å². The summed E-state index contributed by atoms with van der Waals surface area (Å²) < 4.78 is 5.83. The highest BCUT2D eigenvalue weighted by molar-refractivity contribution is 5.13. The van der Waals surface area contributed by atoms with E-state index in [1.807, 2.05) is 0 Å². The standard InChI is InChI=1S/C14H25N3O/c1-2-5-15-14(13-4-3-10-18-13)12-11-16-6-8-17(12)9-7-16/h4,12,14-15H,2-3,5-11H2,1H3. The van der Waals surface area contributed by atoms with E-state index in [1.165, 1.54) is 44.9 Å². The SMILES string of the molecule is CCCNC(C1=CCCO1)C1CN2CCN1CC2. The van der Waals surface area contributed by atoms with Crippen LogP contribution >= 0.6 is 0 Å². The second-order valence-corrected chi connectivity index (χ2v) is 5.58. The van der Waals surface area contributed by atoms with Gasteiger partial charge in [-0.3, -0.25) is 9.80 Å². The zero-order valence-corrected chi connectivity index (χ0v) is 11.4. The van der Waals surface area contributed by atoms with Crippen LogP contribution in [0.5, 0.6) is 0 Å². The molecule has 0 aromatic carbocycles. The van der Waals surface area contributed by atoms with Crippen LogP contribution in [-0.4, -0.2) is 67.8 Å². The molecule has 3 fully saturated rings. The van der Waals surface area contributed by atoms with Crippen molar-refractivity contribution in [1.29, 1.82) is 0 Å². The molecule has 0 aliphatic carbocycles. The Balaban J connectivity index is 1.71. The second-order valence-electron chi connectivity index (χ2n) is 5.58. The van der Waals surface area contributed by atoms with Crippen LogP contribution in [0.15, 0.2) is 11.8 Å². The summed E-state index contributed by atoms with van der Waals surface area (Å²) in [6.07, 6.45) is 4.54. The van der Waals surface area contributed by atoms with Crippen molar-refractivity contribution in [3.8, 4) is 0 Å². The summed E-state index contributed by atoms with van der Waals surface area (Å²) in [5.41, 5.74) is 0. The molecule has 2 atom stereocenters. The van der Waals surface area contributed by atoms with Gasteiger partial charge in [-0.25, -0.2) is 0 Å².